The van der Waals surface area contributed by atoms with E-state index < -0.39 is 15.8 Å². The van der Waals surface area contributed by atoms with E-state index in [9.17, 15) is 12.8 Å². The normalized spacial score (nSPS) is 13.4. The summed E-state index contributed by atoms with van der Waals surface area (Å²) in [5, 5.41) is 7.74. The lowest BCUT2D eigenvalue weighted by Crippen LogP contribution is -2.20. The van der Waals surface area contributed by atoms with Crippen LogP contribution in [0, 0.1) is 11.7 Å². The van der Waals surface area contributed by atoms with Gasteiger partial charge in [-0.05, 0) is 30.7 Å². The van der Waals surface area contributed by atoms with Gasteiger partial charge in [0.05, 0.1) is 10.6 Å². The van der Waals surface area contributed by atoms with E-state index in [0.717, 1.165) is 6.07 Å². The fourth-order valence-corrected chi connectivity index (χ4v) is 1.71. The van der Waals surface area contributed by atoms with Crippen LogP contribution in [0.5, 0.6) is 0 Å². The first-order chi connectivity index (χ1) is 7.84. The van der Waals surface area contributed by atoms with E-state index in [1.165, 1.54) is 12.1 Å². The lowest BCUT2D eigenvalue weighted by molar-refractivity contribution is 0.591. The molecule has 0 bridgehead atoms. The smallest absolute Gasteiger partial charge is 0.238 e. The first-order valence-electron chi connectivity index (χ1n) is 5.11. The average Bonchev–Trinajstić information content (AvgIpc) is 2.25. The van der Waals surface area contributed by atoms with Crippen LogP contribution in [0.4, 0.5) is 10.1 Å². The molecule has 0 aromatic heterocycles. The number of nitrogens with two attached hydrogens (primary N) is 2. The predicted molar refractivity (Wildman–Crippen MR) is 64.5 cm³/mol. The molecule has 0 spiro atoms. The van der Waals surface area contributed by atoms with E-state index in [1.807, 2.05) is 6.92 Å². The van der Waals surface area contributed by atoms with Crippen molar-refractivity contribution in [3.63, 3.8) is 0 Å². The molecule has 0 aliphatic carbocycles. The quantitative estimate of drug-likeness (QED) is 0.718. The topological polar surface area (TPSA) is 98.2 Å². The summed E-state index contributed by atoms with van der Waals surface area (Å²) in [6, 6.07) is 3.50. The number of primary sulfonamides is 1. The number of anilines is 1. The number of sulfonamides is 1. The highest BCUT2D eigenvalue weighted by Crippen LogP contribution is 2.18. The van der Waals surface area contributed by atoms with Gasteiger partial charge in [0.15, 0.2) is 0 Å². The minimum absolute atomic E-state index is 0.201. The second-order valence-corrected chi connectivity index (χ2v) is 5.47. The van der Waals surface area contributed by atoms with E-state index >= 15 is 0 Å². The van der Waals surface area contributed by atoms with Gasteiger partial charge in [-0.15, -0.1) is 0 Å². The van der Waals surface area contributed by atoms with Gasteiger partial charge in [0.2, 0.25) is 10.0 Å². The molecule has 1 aromatic carbocycles. The molecule has 1 rings (SSSR count). The zero-order valence-electron chi connectivity index (χ0n) is 9.48. The highest BCUT2D eigenvalue weighted by atomic mass is 32.2. The fourth-order valence-electron chi connectivity index (χ4n) is 1.18. The fraction of sp³-hybridized carbons (Fsp3) is 0.400. The number of hydrogen-bond donors (Lipinski definition) is 3. The van der Waals surface area contributed by atoms with Gasteiger partial charge < -0.3 is 11.1 Å². The van der Waals surface area contributed by atoms with Crippen molar-refractivity contribution in [3.05, 3.63) is 24.0 Å². The Hall–Kier alpha value is -1.18. The monoisotopic (exact) mass is 261 g/mol. The summed E-state index contributed by atoms with van der Waals surface area (Å²) in [5.74, 6) is -0.451. The maximum atomic E-state index is 13.5. The van der Waals surface area contributed by atoms with Crippen LogP contribution < -0.4 is 16.2 Å². The van der Waals surface area contributed by atoms with Crippen molar-refractivity contribution in [1.82, 2.24) is 0 Å². The van der Waals surface area contributed by atoms with Crippen LogP contribution in [0.3, 0.4) is 0 Å². The van der Waals surface area contributed by atoms with Gasteiger partial charge in [0.25, 0.3) is 0 Å². The molecule has 0 amide bonds. The maximum Gasteiger partial charge on any atom is 0.238 e. The van der Waals surface area contributed by atoms with Gasteiger partial charge in [-0.1, -0.05) is 6.92 Å². The van der Waals surface area contributed by atoms with Gasteiger partial charge in [-0.25, -0.2) is 17.9 Å². The van der Waals surface area contributed by atoms with Crippen LogP contribution in [-0.2, 0) is 10.0 Å². The van der Waals surface area contributed by atoms with Crippen LogP contribution in [0.2, 0.25) is 0 Å². The summed E-state index contributed by atoms with van der Waals surface area (Å²) >= 11 is 0. The Balaban J connectivity index is 2.84. The minimum Gasteiger partial charge on any atom is -0.382 e. The Bertz CT molecular complexity index is 490. The minimum atomic E-state index is -3.87. The Kier molecular flexibility index (Phi) is 4.44. The standard InChI is InChI=1S/C10H16FN3O2S/c1-7(5-12)6-14-10-3-2-8(4-9(10)11)17(13,15)16/h2-4,7,14H,5-6,12H2,1H3,(H2,13,15,16). The first kappa shape index (κ1) is 13.9. The SMILES string of the molecule is CC(CN)CNc1ccc(S(N)(=O)=O)cc1F. The van der Waals surface area contributed by atoms with Crippen LogP contribution in [0.25, 0.3) is 0 Å². The Labute approximate surface area is 100 Å². The van der Waals surface area contributed by atoms with Crippen LogP contribution in [-0.4, -0.2) is 21.5 Å². The summed E-state index contributed by atoms with van der Waals surface area (Å²) in [5.41, 5.74) is 5.66. The lowest BCUT2D eigenvalue weighted by atomic mass is 10.2. The summed E-state index contributed by atoms with van der Waals surface area (Å²) in [6.45, 7) is 2.93. The van der Waals surface area contributed by atoms with E-state index in [2.05, 4.69) is 5.32 Å². The maximum absolute atomic E-state index is 13.5. The zero-order chi connectivity index (χ0) is 13.1. The number of benzene rings is 1. The van der Waals surface area contributed by atoms with Crippen LogP contribution in [0.15, 0.2) is 23.1 Å². The molecular formula is C10H16FN3O2S. The third-order valence-electron chi connectivity index (χ3n) is 2.31. The predicted octanol–water partition coefficient (Wildman–Crippen LogP) is 0.480. The summed E-state index contributed by atoms with van der Waals surface area (Å²) in [6.07, 6.45) is 0. The third kappa shape index (κ3) is 3.95. The number of nitrogens with one attached hydrogen (secondary N) is 1. The molecule has 0 saturated heterocycles. The van der Waals surface area contributed by atoms with Crippen LogP contribution in [0.1, 0.15) is 6.92 Å². The second kappa shape index (κ2) is 5.44. The number of halogens is 1. The molecule has 0 heterocycles. The Morgan fingerprint density at radius 3 is 2.59 bits per heavy atom. The summed E-state index contributed by atoms with van der Waals surface area (Å²) < 4.78 is 35.5. The molecule has 0 aliphatic heterocycles. The molecule has 96 valence electrons. The summed E-state index contributed by atoms with van der Waals surface area (Å²) in [7, 11) is -3.87. The Morgan fingerprint density at radius 1 is 1.47 bits per heavy atom. The summed E-state index contributed by atoms with van der Waals surface area (Å²) in [4.78, 5) is -0.243. The van der Waals surface area contributed by atoms with E-state index in [0.29, 0.717) is 13.1 Å². The molecule has 1 aromatic rings. The highest BCUT2D eigenvalue weighted by molar-refractivity contribution is 7.89. The largest absolute Gasteiger partial charge is 0.382 e. The van der Waals surface area contributed by atoms with Gasteiger partial charge >= 0.3 is 0 Å². The van der Waals surface area contributed by atoms with Crippen molar-refractivity contribution in [2.75, 3.05) is 18.4 Å². The molecule has 1 unspecified atom stereocenters. The van der Waals surface area contributed by atoms with Crippen molar-refractivity contribution in [3.8, 4) is 0 Å². The molecule has 0 fully saturated rings. The third-order valence-corrected chi connectivity index (χ3v) is 3.22. The van der Waals surface area contributed by atoms with Crippen molar-refractivity contribution in [2.24, 2.45) is 16.8 Å². The molecule has 5 N–H and O–H groups in total. The van der Waals surface area contributed by atoms with E-state index in [1.54, 1.807) is 0 Å². The van der Waals surface area contributed by atoms with E-state index in [4.69, 9.17) is 10.9 Å². The van der Waals surface area contributed by atoms with Crippen molar-refractivity contribution in [2.45, 2.75) is 11.8 Å². The molecule has 0 saturated carbocycles. The van der Waals surface area contributed by atoms with Crippen LogP contribution >= 0.6 is 0 Å². The number of hydrogen-bond acceptors (Lipinski definition) is 4. The lowest BCUT2D eigenvalue weighted by Gasteiger charge is -2.12. The first-order valence-corrected chi connectivity index (χ1v) is 6.65. The molecule has 17 heavy (non-hydrogen) atoms. The van der Waals surface area contributed by atoms with Gasteiger partial charge in [-0.2, -0.15) is 0 Å². The van der Waals surface area contributed by atoms with Gasteiger partial charge in [-0.3, -0.25) is 0 Å². The van der Waals surface area contributed by atoms with Crippen molar-refractivity contribution in [1.29, 1.82) is 0 Å². The molecular weight excluding hydrogens is 245 g/mol. The highest BCUT2D eigenvalue weighted by Gasteiger charge is 2.11. The molecule has 0 radical (unpaired) electrons. The zero-order valence-corrected chi connectivity index (χ0v) is 10.3. The van der Waals surface area contributed by atoms with Crippen molar-refractivity contribution < 1.29 is 12.8 Å². The van der Waals surface area contributed by atoms with Gasteiger partial charge in [0.1, 0.15) is 5.82 Å². The Morgan fingerprint density at radius 2 is 2.12 bits per heavy atom. The number of rotatable bonds is 5. The average molecular weight is 261 g/mol. The van der Waals surface area contributed by atoms with Gasteiger partial charge in [0, 0.05) is 6.54 Å². The van der Waals surface area contributed by atoms with Crippen molar-refractivity contribution >= 4 is 15.7 Å². The molecule has 5 nitrogen and oxygen atoms in total. The molecule has 0 aliphatic rings. The second-order valence-electron chi connectivity index (χ2n) is 3.91. The molecule has 7 heteroatoms. The van der Waals surface area contributed by atoms with E-state index in [-0.39, 0.29) is 16.5 Å². The molecule has 1 atom stereocenters.